The second kappa shape index (κ2) is 6.28. The van der Waals surface area contributed by atoms with Crippen LogP contribution in [0.15, 0.2) is 11.1 Å². The van der Waals surface area contributed by atoms with Gasteiger partial charge in [-0.2, -0.15) is 11.8 Å². The van der Waals surface area contributed by atoms with Gasteiger partial charge in [-0.15, -0.1) is 0 Å². The lowest BCUT2D eigenvalue weighted by atomic mass is 9.96. The molecule has 80 valence electrons. The molecular formula is C12H20OS. The molecule has 0 bridgehead atoms. The van der Waals surface area contributed by atoms with Gasteiger partial charge in [0.2, 0.25) is 0 Å². The number of hydrogen-bond donors (Lipinski definition) is 0. The minimum absolute atomic E-state index is 0.316. The Morgan fingerprint density at radius 2 is 2.29 bits per heavy atom. The summed E-state index contributed by atoms with van der Waals surface area (Å²) in [5.41, 5.74) is 3.01. The highest BCUT2D eigenvalue weighted by Crippen LogP contribution is 2.28. The third-order valence-corrected chi connectivity index (χ3v) is 3.69. The van der Waals surface area contributed by atoms with E-state index in [9.17, 15) is 4.79 Å². The number of rotatable bonds is 4. The molecule has 1 aliphatic heterocycles. The highest BCUT2D eigenvalue weighted by atomic mass is 32.2. The minimum Gasteiger partial charge on any atom is -0.300 e. The van der Waals surface area contributed by atoms with Gasteiger partial charge in [0, 0.05) is 12.2 Å². The molecule has 1 aliphatic rings. The van der Waals surface area contributed by atoms with Crippen LogP contribution in [0.5, 0.6) is 0 Å². The molecule has 0 atom stereocenters. The van der Waals surface area contributed by atoms with E-state index in [-0.39, 0.29) is 0 Å². The zero-order valence-corrected chi connectivity index (χ0v) is 10.1. The molecule has 2 heteroatoms. The van der Waals surface area contributed by atoms with E-state index in [0.717, 1.165) is 12.8 Å². The summed E-state index contributed by atoms with van der Waals surface area (Å²) in [6, 6.07) is 0. The van der Waals surface area contributed by atoms with Gasteiger partial charge in [0.15, 0.2) is 0 Å². The van der Waals surface area contributed by atoms with Crippen LogP contribution >= 0.6 is 11.8 Å². The molecule has 0 amide bonds. The molecule has 0 aliphatic carbocycles. The molecule has 1 nitrogen and oxygen atoms in total. The molecule has 1 heterocycles. The predicted octanol–water partition coefficient (Wildman–Crippen LogP) is 3.59. The Kier molecular flexibility index (Phi) is 5.31. The van der Waals surface area contributed by atoms with E-state index in [0.29, 0.717) is 12.2 Å². The van der Waals surface area contributed by atoms with E-state index < -0.39 is 0 Å². The molecule has 0 N–H and O–H groups in total. The fourth-order valence-corrected chi connectivity index (χ4v) is 3.01. The van der Waals surface area contributed by atoms with Crippen molar-refractivity contribution in [2.45, 2.75) is 46.0 Å². The van der Waals surface area contributed by atoms with Crippen molar-refractivity contribution < 1.29 is 4.79 Å². The summed E-state index contributed by atoms with van der Waals surface area (Å²) in [5.74, 6) is 2.78. The van der Waals surface area contributed by atoms with Gasteiger partial charge in [0.1, 0.15) is 5.78 Å². The van der Waals surface area contributed by atoms with Gasteiger partial charge in [0.05, 0.1) is 0 Å². The molecule has 0 aromatic rings. The van der Waals surface area contributed by atoms with E-state index in [1.807, 2.05) is 11.8 Å². The molecule has 1 fully saturated rings. The second-order valence-electron chi connectivity index (χ2n) is 3.99. The maximum atomic E-state index is 11.1. The monoisotopic (exact) mass is 212 g/mol. The van der Waals surface area contributed by atoms with Gasteiger partial charge in [-0.1, -0.05) is 24.5 Å². The highest BCUT2D eigenvalue weighted by molar-refractivity contribution is 7.99. The summed E-state index contributed by atoms with van der Waals surface area (Å²) in [5, 5.41) is 0. The van der Waals surface area contributed by atoms with Crippen LogP contribution in [0.25, 0.3) is 0 Å². The summed E-state index contributed by atoms with van der Waals surface area (Å²) in [6.45, 7) is 3.89. The van der Waals surface area contributed by atoms with Crippen LogP contribution in [-0.4, -0.2) is 17.3 Å². The fourth-order valence-electron chi connectivity index (χ4n) is 1.93. The summed E-state index contributed by atoms with van der Waals surface area (Å²) < 4.78 is 0. The Hall–Kier alpha value is -0.240. The van der Waals surface area contributed by atoms with Gasteiger partial charge in [-0.25, -0.2) is 0 Å². The van der Waals surface area contributed by atoms with Gasteiger partial charge in [-0.05, 0) is 31.9 Å². The number of carbonyl (C=O) groups is 1. The first-order valence-electron chi connectivity index (χ1n) is 5.51. The van der Waals surface area contributed by atoms with E-state index in [4.69, 9.17) is 0 Å². The van der Waals surface area contributed by atoms with Crippen LogP contribution in [0, 0.1) is 0 Å². The number of Topliss-reactive ketones (excluding diaryl/α,β-unsaturated/α-hetero) is 1. The predicted molar refractivity (Wildman–Crippen MR) is 63.8 cm³/mol. The molecular weight excluding hydrogens is 192 g/mol. The first-order chi connectivity index (χ1) is 6.74. The Bertz CT molecular complexity index is 222. The molecule has 0 unspecified atom stereocenters. The smallest absolute Gasteiger partial charge is 0.133 e. The maximum Gasteiger partial charge on any atom is 0.133 e. The van der Waals surface area contributed by atoms with Gasteiger partial charge >= 0.3 is 0 Å². The standard InChI is InChI=1S/C12H20OS/c1-3-5-11(8-10(2)13)12-6-4-7-14-9-12/h3-9H2,1-2H3/b12-11+. The molecule has 1 rings (SSSR count). The molecule has 0 aromatic carbocycles. The third kappa shape index (κ3) is 3.87. The van der Waals surface area contributed by atoms with Crippen molar-refractivity contribution in [3.05, 3.63) is 11.1 Å². The Labute approximate surface area is 91.3 Å². The minimum atomic E-state index is 0.316. The first-order valence-corrected chi connectivity index (χ1v) is 6.66. The average Bonchev–Trinajstić information content (AvgIpc) is 2.18. The third-order valence-electron chi connectivity index (χ3n) is 2.56. The molecule has 0 spiro atoms. The fraction of sp³-hybridized carbons (Fsp3) is 0.750. The summed E-state index contributed by atoms with van der Waals surface area (Å²) in [6.07, 6.45) is 5.51. The van der Waals surface area contributed by atoms with Crippen molar-refractivity contribution in [2.75, 3.05) is 11.5 Å². The largest absolute Gasteiger partial charge is 0.300 e. The van der Waals surface area contributed by atoms with Crippen molar-refractivity contribution in [2.24, 2.45) is 0 Å². The first kappa shape index (κ1) is 11.8. The van der Waals surface area contributed by atoms with Crippen molar-refractivity contribution >= 4 is 17.5 Å². The van der Waals surface area contributed by atoms with Crippen molar-refractivity contribution in [1.29, 1.82) is 0 Å². The topological polar surface area (TPSA) is 17.1 Å². The zero-order chi connectivity index (χ0) is 10.4. The van der Waals surface area contributed by atoms with E-state index in [2.05, 4.69) is 6.92 Å². The molecule has 0 aromatic heterocycles. The summed E-state index contributed by atoms with van der Waals surface area (Å²) in [4.78, 5) is 11.1. The number of carbonyl (C=O) groups excluding carboxylic acids is 1. The van der Waals surface area contributed by atoms with Crippen LogP contribution in [0.3, 0.4) is 0 Å². The quantitative estimate of drug-likeness (QED) is 0.662. The second-order valence-corrected chi connectivity index (χ2v) is 5.10. The van der Waals surface area contributed by atoms with Crippen molar-refractivity contribution in [1.82, 2.24) is 0 Å². The van der Waals surface area contributed by atoms with Crippen molar-refractivity contribution in [3.63, 3.8) is 0 Å². The Balaban J connectivity index is 2.65. The van der Waals surface area contributed by atoms with Gasteiger partial charge in [-0.3, -0.25) is 4.79 Å². The van der Waals surface area contributed by atoms with Crippen molar-refractivity contribution in [3.8, 4) is 0 Å². The normalized spacial score (nSPS) is 20.7. The SMILES string of the molecule is CCC/C(CC(C)=O)=C1/CCCSC1. The number of allylic oxidation sites excluding steroid dienone is 1. The highest BCUT2D eigenvalue weighted by Gasteiger charge is 2.12. The van der Waals surface area contributed by atoms with Crippen LogP contribution < -0.4 is 0 Å². The number of thioether (sulfide) groups is 1. The van der Waals surface area contributed by atoms with Crippen LogP contribution in [0.2, 0.25) is 0 Å². The summed E-state index contributed by atoms with van der Waals surface area (Å²) >= 11 is 2.02. The van der Waals surface area contributed by atoms with Gasteiger partial charge in [0.25, 0.3) is 0 Å². The van der Waals surface area contributed by atoms with E-state index in [1.165, 1.54) is 29.9 Å². The number of hydrogen-bond acceptors (Lipinski definition) is 2. The summed E-state index contributed by atoms with van der Waals surface area (Å²) in [7, 11) is 0. The van der Waals surface area contributed by atoms with Gasteiger partial charge < -0.3 is 0 Å². The average molecular weight is 212 g/mol. The molecule has 0 saturated carbocycles. The molecule has 14 heavy (non-hydrogen) atoms. The van der Waals surface area contributed by atoms with Crippen LogP contribution in [-0.2, 0) is 4.79 Å². The molecule has 1 saturated heterocycles. The van der Waals surface area contributed by atoms with Crippen LogP contribution in [0.4, 0.5) is 0 Å². The zero-order valence-electron chi connectivity index (χ0n) is 9.27. The lowest BCUT2D eigenvalue weighted by Crippen LogP contribution is -2.05. The van der Waals surface area contributed by atoms with E-state index >= 15 is 0 Å². The lowest BCUT2D eigenvalue weighted by Gasteiger charge is -2.18. The number of ketones is 1. The lowest BCUT2D eigenvalue weighted by molar-refractivity contribution is -0.116. The van der Waals surface area contributed by atoms with Crippen LogP contribution in [0.1, 0.15) is 46.0 Å². The Morgan fingerprint density at radius 3 is 2.79 bits per heavy atom. The Morgan fingerprint density at radius 1 is 1.50 bits per heavy atom. The maximum absolute atomic E-state index is 11.1. The van der Waals surface area contributed by atoms with E-state index in [1.54, 1.807) is 12.5 Å². The molecule has 0 radical (unpaired) electrons.